The molecule has 0 amide bonds. The molecule has 1 rings (SSSR count). The Labute approximate surface area is 95.8 Å². The number of unbranched alkanes of at least 4 members (excludes halogenated alkanes) is 1. The van der Waals surface area contributed by atoms with E-state index in [-0.39, 0.29) is 0 Å². The van der Waals surface area contributed by atoms with Crippen LogP contribution in [-0.2, 0) is 0 Å². The van der Waals surface area contributed by atoms with Gasteiger partial charge in [-0.1, -0.05) is 46.0 Å². The number of hydrogen-bond acceptors (Lipinski definition) is 1. The largest absolute Gasteiger partial charge is 0.330 e. The van der Waals surface area contributed by atoms with Crippen molar-refractivity contribution in [1.29, 1.82) is 0 Å². The van der Waals surface area contributed by atoms with Gasteiger partial charge in [-0.15, -0.1) is 0 Å². The summed E-state index contributed by atoms with van der Waals surface area (Å²) in [7, 11) is 0. The van der Waals surface area contributed by atoms with E-state index in [2.05, 4.69) is 13.8 Å². The molecule has 0 spiro atoms. The molecule has 0 aromatic carbocycles. The minimum Gasteiger partial charge on any atom is -0.330 e. The third-order valence-corrected chi connectivity index (χ3v) is 4.60. The second kappa shape index (κ2) is 6.52. The van der Waals surface area contributed by atoms with Crippen molar-refractivity contribution in [2.45, 2.75) is 71.6 Å². The van der Waals surface area contributed by atoms with Crippen molar-refractivity contribution >= 4 is 0 Å². The molecule has 90 valence electrons. The normalized spacial score (nSPS) is 22.6. The molecule has 1 saturated carbocycles. The van der Waals surface area contributed by atoms with Crippen molar-refractivity contribution < 1.29 is 0 Å². The van der Waals surface area contributed by atoms with Crippen LogP contribution in [-0.4, -0.2) is 6.54 Å². The number of rotatable bonds is 6. The van der Waals surface area contributed by atoms with Crippen LogP contribution in [0.1, 0.15) is 71.6 Å². The predicted molar refractivity (Wildman–Crippen MR) is 67.9 cm³/mol. The summed E-state index contributed by atoms with van der Waals surface area (Å²) >= 11 is 0. The molecule has 1 aliphatic carbocycles. The van der Waals surface area contributed by atoms with Crippen LogP contribution < -0.4 is 5.73 Å². The molecule has 1 atom stereocenters. The molecule has 15 heavy (non-hydrogen) atoms. The molecule has 0 aromatic heterocycles. The summed E-state index contributed by atoms with van der Waals surface area (Å²) in [4.78, 5) is 0. The van der Waals surface area contributed by atoms with Gasteiger partial charge < -0.3 is 5.73 Å². The van der Waals surface area contributed by atoms with Gasteiger partial charge in [-0.25, -0.2) is 0 Å². The quantitative estimate of drug-likeness (QED) is 0.657. The van der Waals surface area contributed by atoms with Gasteiger partial charge in [0.15, 0.2) is 0 Å². The molecule has 1 nitrogen and oxygen atoms in total. The van der Waals surface area contributed by atoms with E-state index in [1.165, 1.54) is 57.8 Å². The number of nitrogens with two attached hydrogens (primary N) is 1. The van der Waals surface area contributed by atoms with Crippen LogP contribution in [0, 0.1) is 11.3 Å². The van der Waals surface area contributed by atoms with Crippen molar-refractivity contribution in [2.24, 2.45) is 17.1 Å². The monoisotopic (exact) mass is 211 g/mol. The minimum absolute atomic E-state index is 0.607. The molecule has 1 heteroatoms. The van der Waals surface area contributed by atoms with Crippen molar-refractivity contribution in [1.82, 2.24) is 0 Å². The molecular weight excluding hydrogens is 182 g/mol. The lowest BCUT2D eigenvalue weighted by Gasteiger charge is -2.39. The van der Waals surface area contributed by atoms with Gasteiger partial charge in [-0.05, 0) is 43.6 Å². The Morgan fingerprint density at radius 1 is 1.13 bits per heavy atom. The molecule has 1 unspecified atom stereocenters. The lowest BCUT2D eigenvalue weighted by molar-refractivity contribution is 0.116. The van der Waals surface area contributed by atoms with Gasteiger partial charge in [-0.3, -0.25) is 0 Å². The highest BCUT2D eigenvalue weighted by Gasteiger charge is 2.32. The zero-order valence-corrected chi connectivity index (χ0v) is 10.7. The van der Waals surface area contributed by atoms with Crippen LogP contribution >= 0.6 is 0 Å². The van der Waals surface area contributed by atoms with E-state index in [9.17, 15) is 0 Å². The Bertz CT molecular complexity index is 161. The van der Waals surface area contributed by atoms with E-state index in [0.717, 1.165) is 12.5 Å². The van der Waals surface area contributed by atoms with Gasteiger partial charge in [0.2, 0.25) is 0 Å². The first-order valence-corrected chi connectivity index (χ1v) is 6.93. The molecule has 0 heterocycles. The SMILES string of the molecule is CCC(C)(CCCCN)C1CCCCC1. The fraction of sp³-hybridized carbons (Fsp3) is 1.00. The van der Waals surface area contributed by atoms with Crippen molar-refractivity contribution in [2.75, 3.05) is 6.54 Å². The molecule has 2 N–H and O–H groups in total. The van der Waals surface area contributed by atoms with Crippen LogP contribution in [0.4, 0.5) is 0 Å². The van der Waals surface area contributed by atoms with Crippen molar-refractivity contribution in [3.05, 3.63) is 0 Å². The van der Waals surface area contributed by atoms with Crippen molar-refractivity contribution in [3.8, 4) is 0 Å². The lowest BCUT2D eigenvalue weighted by Crippen LogP contribution is -2.28. The van der Waals surface area contributed by atoms with Crippen molar-refractivity contribution in [3.63, 3.8) is 0 Å². The Morgan fingerprint density at radius 2 is 1.80 bits per heavy atom. The van der Waals surface area contributed by atoms with Crippen LogP contribution in [0.25, 0.3) is 0 Å². The molecule has 0 saturated heterocycles. The average molecular weight is 211 g/mol. The Hall–Kier alpha value is -0.0400. The van der Waals surface area contributed by atoms with Gasteiger partial charge in [-0.2, -0.15) is 0 Å². The third kappa shape index (κ3) is 3.79. The third-order valence-electron chi connectivity index (χ3n) is 4.60. The molecule has 0 aliphatic heterocycles. The summed E-state index contributed by atoms with van der Waals surface area (Å²) in [6.45, 7) is 5.75. The van der Waals surface area contributed by atoms with Crippen LogP contribution in [0.5, 0.6) is 0 Å². The molecule has 0 aromatic rings. The lowest BCUT2D eigenvalue weighted by atomic mass is 9.66. The topological polar surface area (TPSA) is 26.0 Å². The highest BCUT2D eigenvalue weighted by molar-refractivity contribution is 4.83. The van der Waals surface area contributed by atoms with Crippen LogP contribution in [0.3, 0.4) is 0 Å². The van der Waals surface area contributed by atoms with Gasteiger partial charge >= 0.3 is 0 Å². The van der Waals surface area contributed by atoms with E-state index >= 15 is 0 Å². The minimum atomic E-state index is 0.607. The van der Waals surface area contributed by atoms with Crippen LogP contribution in [0.2, 0.25) is 0 Å². The molecule has 1 fully saturated rings. The summed E-state index contributed by atoms with van der Waals surface area (Å²) < 4.78 is 0. The van der Waals surface area contributed by atoms with E-state index in [4.69, 9.17) is 5.73 Å². The molecule has 0 radical (unpaired) electrons. The molecule has 0 bridgehead atoms. The maximum Gasteiger partial charge on any atom is -0.00773 e. The summed E-state index contributed by atoms with van der Waals surface area (Å²) in [6, 6.07) is 0. The first-order valence-electron chi connectivity index (χ1n) is 6.93. The van der Waals surface area contributed by atoms with Gasteiger partial charge in [0.05, 0.1) is 0 Å². The average Bonchev–Trinajstić information content (AvgIpc) is 2.30. The maximum absolute atomic E-state index is 5.58. The highest BCUT2D eigenvalue weighted by Crippen LogP contribution is 2.44. The fourth-order valence-electron chi connectivity index (χ4n) is 3.14. The molecule has 1 aliphatic rings. The zero-order valence-electron chi connectivity index (χ0n) is 10.7. The van der Waals surface area contributed by atoms with E-state index in [1.54, 1.807) is 0 Å². The van der Waals surface area contributed by atoms with Gasteiger partial charge in [0.25, 0.3) is 0 Å². The standard InChI is InChI=1S/C14H29N/c1-3-14(2,11-7-8-12-15)13-9-5-4-6-10-13/h13H,3-12,15H2,1-2H3. The number of hydrogen-bond donors (Lipinski definition) is 1. The first-order chi connectivity index (χ1) is 7.23. The Morgan fingerprint density at radius 3 is 2.33 bits per heavy atom. The fourth-order valence-corrected chi connectivity index (χ4v) is 3.14. The second-order valence-electron chi connectivity index (χ2n) is 5.59. The van der Waals surface area contributed by atoms with Gasteiger partial charge in [0, 0.05) is 0 Å². The Balaban J connectivity index is 2.41. The summed E-state index contributed by atoms with van der Waals surface area (Å²) in [6.07, 6.45) is 12.7. The second-order valence-corrected chi connectivity index (χ2v) is 5.59. The summed E-state index contributed by atoms with van der Waals surface area (Å²) in [5, 5.41) is 0. The predicted octanol–water partition coefficient (Wildman–Crippen LogP) is 4.11. The smallest absolute Gasteiger partial charge is 0.00773 e. The maximum atomic E-state index is 5.58. The summed E-state index contributed by atoms with van der Waals surface area (Å²) in [5.41, 5.74) is 6.18. The van der Waals surface area contributed by atoms with E-state index < -0.39 is 0 Å². The zero-order chi connectivity index (χ0) is 11.1. The molecular formula is C14H29N. The Kier molecular flexibility index (Phi) is 5.66. The highest BCUT2D eigenvalue weighted by atomic mass is 14.5. The van der Waals surface area contributed by atoms with Gasteiger partial charge in [0.1, 0.15) is 0 Å². The van der Waals surface area contributed by atoms with E-state index in [1.807, 2.05) is 0 Å². The summed E-state index contributed by atoms with van der Waals surface area (Å²) in [5.74, 6) is 0.994. The van der Waals surface area contributed by atoms with E-state index in [0.29, 0.717) is 5.41 Å². The first kappa shape index (κ1) is 13.0. The van der Waals surface area contributed by atoms with Crippen LogP contribution in [0.15, 0.2) is 0 Å².